The van der Waals surface area contributed by atoms with Crippen LogP contribution >= 0.6 is 0 Å². The number of imide groups is 1. The predicted molar refractivity (Wildman–Crippen MR) is 92.8 cm³/mol. The van der Waals surface area contributed by atoms with Crippen molar-refractivity contribution in [3.8, 4) is 0 Å². The summed E-state index contributed by atoms with van der Waals surface area (Å²) in [6, 6.07) is 15.3. The SMILES string of the molecule is CNC(=O)NC(=O)[C@@H](OC(=O)Cc1ccccc1C)c1ccccc1. The van der Waals surface area contributed by atoms with Crippen molar-refractivity contribution in [2.75, 3.05) is 7.05 Å². The van der Waals surface area contributed by atoms with Gasteiger partial charge in [-0.25, -0.2) is 4.79 Å². The van der Waals surface area contributed by atoms with Crippen LogP contribution in [0.2, 0.25) is 0 Å². The Morgan fingerprint density at radius 1 is 1.00 bits per heavy atom. The quantitative estimate of drug-likeness (QED) is 0.818. The number of ether oxygens (including phenoxy) is 1. The molecule has 0 aliphatic carbocycles. The summed E-state index contributed by atoms with van der Waals surface area (Å²) in [5.74, 6) is -1.25. The first-order chi connectivity index (χ1) is 12.0. The summed E-state index contributed by atoms with van der Waals surface area (Å²) < 4.78 is 5.37. The van der Waals surface area contributed by atoms with Crippen molar-refractivity contribution in [3.05, 3.63) is 71.3 Å². The van der Waals surface area contributed by atoms with E-state index in [1.807, 2.05) is 31.2 Å². The second-order valence-corrected chi connectivity index (χ2v) is 5.45. The summed E-state index contributed by atoms with van der Waals surface area (Å²) in [6.45, 7) is 1.90. The summed E-state index contributed by atoms with van der Waals surface area (Å²) in [5, 5.41) is 4.43. The van der Waals surface area contributed by atoms with Gasteiger partial charge in [0, 0.05) is 12.6 Å². The van der Waals surface area contributed by atoms with Crippen molar-refractivity contribution in [1.29, 1.82) is 0 Å². The highest BCUT2D eigenvalue weighted by Crippen LogP contribution is 2.19. The van der Waals surface area contributed by atoms with E-state index in [2.05, 4.69) is 10.6 Å². The van der Waals surface area contributed by atoms with Gasteiger partial charge in [-0.15, -0.1) is 0 Å². The third kappa shape index (κ3) is 5.17. The first-order valence-corrected chi connectivity index (χ1v) is 7.82. The number of hydrogen-bond donors (Lipinski definition) is 2. The smallest absolute Gasteiger partial charge is 0.321 e. The molecule has 2 aromatic rings. The topological polar surface area (TPSA) is 84.5 Å². The number of carbonyl (C=O) groups is 3. The number of benzene rings is 2. The minimum Gasteiger partial charge on any atom is -0.447 e. The molecule has 0 spiro atoms. The summed E-state index contributed by atoms with van der Waals surface area (Å²) in [7, 11) is 1.39. The van der Waals surface area contributed by atoms with Gasteiger partial charge < -0.3 is 10.1 Å². The fourth-order valence-corrected chi connectivity index (χ4v) is 2.28. The van der Waals surface area contributed by atoms with Crippen molar-refractivity contribution < 1.29 is 19.1 Å². The highest BCUT2D eigenvalue weighted by atomic mass is 16.5. The van der Waals surface area contributed by atoms with E-state index in [4.69, 9.17) is 4.74 Å². The Bertz CT molecular complexity index is 759. The number of rotatable bonds is 5. The standard InChI is InChI=1S/C19H20N2O4/c1-13-8-6-7-11-15(13)12-16(22)25-17(14-9-4-3-5-10-14)18(23)21-19(24)20-2/h3-11,17H,12H2,1-2H3,(H2,20,21,23,24)/t17-/m0/s1. The number of urea groups is 1. The first kappa shape index (κ1) is 18.2. The molecule has 25 heavy (non-hydrogen) atoms. The van der Waals surface area contributed by atoms with Gasteiger partial charge in [0.25, 0.3) is 5.91 Å². The molecule has 0 heterocycles. The maximum Gasteiger partial charge on any atom is 0.321 e. The zero-order valence-electron chi connectivity index (χ0n) is 14.1. The second-order valence-electron chi connectivity index (χ2n) is 5.45. The van der Waals surface area contributed by atoms with Crippen molar-refractivity contribution in [2.24, 2.45) is 0 Å². The average Bonchev–Trinajstić information content (AvgIpc) is 2.62. The van der Waals surface area contributed by atoms with Gasteiger partial charge in [0.05, 0.1) is 6.42 Å². The zero-order valence-corrected chi connectivity index (χ0v) is 14.1. The Kier molecular flexibility index (Phi) is 6.28. The van der Waals surface area contributed by atoms with Crippen LogP contribution in [0, 0.1) is 6.92 Å². The molecule has 0 aliphatic rings. The predicted octanol–water partition coefficient (Wildman–Crippen LogP) is 2.28. The molecule has 6 heteroatoms. The summed E-state index contributed by atoms with van der Waals surface area (Å²) in [5.41, 5.74) is 2.28. The lowest BCUT2D eigenvalue weighted by molar-refractivity contribution is -0.155. The van der Waals surface area contributed by atoms with Gasteiger partial charge in [-0.2, -0.15) is 0 Å². The molecule has 0 radical (unpaired) electrons. The lowest BCUT2D eigenvalue weighted by atomic mass is 10.1. The van der Waals surface area contributed by atoms with E-state index < -0.39 is 24.0 Å². The number of nitrogens with one attached hydrogen (secondary N) is 2. The third-order valence-corrected chi connectivity index (χ3v) is 3.65. The van der Waals surface area contributed by atoms with E-state index in [0.29, 0.717) is 5.56 Å². The normalized spacial score (nSPS) is 11.3. The van der Waals surface area contributed by atoms with Crippen LogP contribution < -0.4 is 10.6 Å². The molecule has 0 unspecified atom stereocenters. The minimum absolute atomic E-state index is 0.0449. The molecule has 0 aromatic heterocycles. The molecule has 0 fully saturated rings. The Hall–Kier alpha value is -3.15. The highest BCUT2D eigenvalue weighted by molar-refractivity contribution is 5.97. The fraction of sp³-hybridized carbons (Fsp3) is 0.211. The van der Waals surface area contributed by atoms with Crippen LogP contribution in [0.1, 0.15) is 22.8 Å². The zero-order chi connectivity index (χ0) is 18.2. The van der Waals surface area contributed by atoms with Gasteiger partial charge in [-0.05, 0) is 18.1 Å². The van der Waals surface area contributed by atoms with Crippen LogP contribution in [0.25, 0.3) is 0 Å². The van der Waals surface area contributed by atoms with Crippen LogP contribution in [0.3, 0.4) is 0 Å². The molecule has 2 aromatic carbocycles. The minimum atomic E-state index is -1.20. The Morgan fingerprint density at radius 2 is 1.64 bits per heavy atom. The number of amides is 3. The molecule has 0 saturated heterocycles. The molecule has 0 aliphatic heterocycles. The van der Waals surface area contributed by atoms with Crippen LogP contribution in [-0.2, 0) is 20.7 Å². The third-order valence-electron chi connectivity index (χ3n) is 3.65. The van der Waals surface area contributed by atoms with Gasteiger partial charge in [-0.3, -0.25) is 14.9 Å². The summed E-state index contributed by atoms with van der Waals surface area (Å²) in [6.07, 6.45) is -1.15. The fourth-order valence-electron chi connectivity index (χ4n) is 2.28. The number of aryl methyl sites for hydroxylation is 1. The molecule has 130 valence electrons. The van der Waals surface area contributed by atoms with Crippen molar-refractivity contribution >= 4 is 17.9 Å². The average molecular weight is 340 g/mol. The van der Waals surface area contributed by atoms with Gasteiger partial charge in [0.2, 0.25) is 6.10 Å². The maximum absolute atomic E-state index is 12.3. The van der Waals surface area contributed by atoms with Crippen LogP contribution in [0.15, 0.2) is 54.6 Å². The molecule has 0 bridgehead atoms. The maximum atomic E-state index is 12.3. The number of esters is 1. The molecule has 3 amide bonds. The molecule has 1 atom stereocenters. The van der Waals surface area contributed by atoms with Crippen molar-refractivity contribution in [3.63, 3.8) is 0 Å². The van der Waals surface area contributed by atoms with Crippen LogP contribution in [-0.4, -0.2) is 25.0 Å². The Morgan fingerprint density at radius 3 is 2.28 bits per heavy atom. The lowest BCUT2D eigenvalue weighted by Crippen LogP contribution is -2.41. The second kappa shape index (κ2) is 8.63. The van der Waals surface area contributed by atoms with Gasteiger partial charge >= 0.3 is 12.0 Å². The van der Waals surface area contributed by atoms with Crippen molar-refractivity contribution in [1.82, 2.24) is 10.6 Å². The van der Waals surface area contributed by atoms with E-state index in [9.17, 15) is 14.4 Å². The molecule has 6 nitrogen and oxygen atoms in total. The summed E-state index contributed by atoms with van der Waals surface area (Å²) in [4.78, 5) is 36.0. The van der Waals surface area contributed by atoms with E-state index in [-0.39, 0.29) is 6.42 Å². The summed E-state index contributed by atoms with van der Waals surface area (Å²) >= 11 is 0. The van der Waals surface area contributed by atoms with E-state index in [1.54, 1.807) is 30.3 Å². The highest BCUT2D eigenvalue weighted by Gasteiger charge is 2.26. The van der Waals surface area contributed by atoms with Crippen LogP contribution in [0.4, 0.5) is 4.79 Å². The number of carbonyl (C=O) groups excluding carboxylic acids is 3. The molecule has 2 rings (SSSR count). The van der Waals surface area contributed by atoms with Gasteiger partial charge in [0.15, 0.2) is 0 Å². The van der Waals surface area contributed by atoms with Crippen molar-refractivity contribution in [2.45, 2.75) is 19.4 Å². The van der Waals surface area contributed by atoms with E-state index in [1.165, 1.54) is 7.05 Å². The van der Waals surface area contributed by atoms with Gasteiger partial charge in [-0.1, -0.05) is 54.6 Å². The number of hydrogen-bond acceptors (Lipinski definition) is 4. The molecular weight excluding hydrogens is 320 g/mol. The molecular formula is C19H20N2O4. The monoisotopic (exact) mass is 340 g/mol. The largest absolute Gasteiger partial charge is 0.447 e. The lowest BCUT2D eigenvalue weighted by Gasteiger charge is -2.18. The molecule has 0 saturated carbocycles. The van der Waals surface area contributed by atoms with E-state index in [0.717, 1.165) is 11.1 Å². The van der Waals surface area contributed by atoms with Gasteiger partial charge in [0.1, 0.15) is 0 Å². The first-order valence-electron chi connectivity index (χ1n) is 7.82. The van der Waals surface area contributed by atoms with E-state index >= 15 is 0 Å². The molecule has 2 N–H and O–H groups in total. The van der Waals surface area contributed by atoms with Crippen LogP contribution in [0.5, 0.6) is 0 Å². The Labute approximate surface area is 146 Å². The Balaban J connectivity index is 2.15.